The Morgan fingerprint density at radius 1 is 1.24 bits per heavy atom. The summed E-state index contributed by atoms with van der Waals surface area (Å²) in [6.45, 7) is 0.876. The summed E-state index contributed by atoms with van der Waals surface area (Å²) >= 11 is 5.81. The first kappa shape index (κ1) is 12.2. The molecule has 1 unspecified atom stereocenters. The fourth-order valence-electron chi connectivity index (χ4n) is 1.52. The molecule has 3 nitrogen and oxygen atoms in total. The number of halogens is 1. The highest BCUT2D eigenvalue weighted by Crippen LogP contribution is 2.19. The molecule has 0 spiro atoms. The van der Waals surface area contributed by atoms with Crippen molar-refractivity contribution in [1.82, 2.24) is 0 Å². The van der Waals surface area contributed by atoms with Crippen LogP contribution in [0, 0.1) is 0 Å². The Labute approximate surface area is 105 Å². The van der Waals surface area contributed by atoms with Crippen LogP contribution in [-0.2, 0) is 11.3 Å². The molecule has 0 radical (unpaired) electrons. The molecular weight excluding hydrogens is 238 g/mol. The van der Waals surface area contributed by atoms with Crippen LogP contribution >= 0.6 is 11.6 Å². The second-order valence-electron chi connectivity index (χ2n) is 3.68. The van der Waals surface area contributed by atoms with Gasteiger partial charge in [0.25, 0.3) is 0 Å². The predicted octanol–water partition coefficient (Wildman–Crippen LogP) is 3.15. The Bertz CT molecular complexity index is 439. The predicted molar refractivity (Wildman–Crippen MR) is 66.7 cm³/mol. The van der Waals surface area contributed by atoms with E-state index in [9.17, 15) is 0 Å². The van der Waals surface area contributed by atoms with Gasteiger partial charge in [0.2, 0.25) is 0 Å². The van der Waals surface area contributed by atoms with Gasteiger partial charge in [0.05, 0.1) is 12.9 Å². The Hall–Kier alpha value is -1.29. The molecule has 0 aliphatic rings. The maximum atomic E-state index is 5.81. The van der Waals surface area contributed by atoms with Crippen LogP contribution < -0.4 is 5.73 Å². The molecule has 1 aromatic heterocycles. The van der Waals surface area contributed by atoms with Crippen molar-refractivity contribution >= 4 is 11.6 Å². The monoisotopic (exact) mass is 251 g/mol. The van der Waals surface area contributed by atoms with Crippen LogP contribution in [0.5, 0.6) is 0 Å². The maximum Gasteiger partial charge on any atom is 0.133 e. The van der Waals surface area contributed by atoms with E-state index in [-0.39, 0.29) is 6.10 Å². The molecule has 0 aliphatic heterocycles. The summed E-state index contributed by atoms with van der Waals surface area (Å²) in [5, 5.41) is 0.718. The van der Waals surface area contributed by atoms with E-state index in [0.29, 0.717) is 13.2 Å². The van der Waals surface area contributed by atoms with Crippen LogP contribution in [0.25, 0.3) is 0 Å². The van der Waals surface area contributed by atoms with E-state index in [1.54, 1.807) is 6.26 Å². The summed E-state index contributed by atoms with van der Waals surface area (Å²) in [5.74, 6) is 0.751. The highest BCUT2D eigenvalue weighted by molar-refractivity contribution is 6.30. The molecule has 0 bridgehead atoms. The number of ether oxygens (including phenoxy) is 1. The molecule has 2 rings (SSSR count). The summed E-state index contributed by atoms with van der Waals surface area (Å²) in [4.78, 5) is 0. The van der Waals surface area contributed by atoms with E-state index >= 15 is 0 Å². The molecule has 0 saturated heterocycles. The van der Waals surface area contributed by atoms with Crippen LogP contribution in [-0.4, -0.2) is 6.54 Å². The topological polar surface area (TPSA) is 48.4 Å². The van der Waals surface area contributed by atoms with Crippen molar-refractivity contribution in [2.45, 2.75) is 12.7 Å². The largest absolute Gasteiger partial charge is 0.467 e. The lowest BCUT2D eigenvalue weighted by Gasteiger charge is -2.13. The van der Waals surface area contributed by atoms with Gasteiger partial charge in [0.15, 0.2) is 0 Å². The van der Waals surface area contributed by atoms with E-state index in [1.807, 2.05) is 36.4 Å². The Kier molecular flexibility index (Phi) is 4.20. The number of benzene rings is 1. The summed E-state index contributed by atoms with van der Waals surface area (Å²) in [6, 6.07) is 11.2. The Balaban J connectivity index is 1.94. The quantitative estimate of drug-likeness (QED) is 0.888. The van der Waals surface area contributed by atoms with Gasteiger partial charge in [-0.15, -0.1) is 0 Å². The summed E-state index contributed by atoms with van der Waals surface area (Å²) < 4.78 is 11.0. The first-order valence-corrected chi connectivity index (χ1v) is 5.77. The average Bonchev–Trinajstić information content (AvgIpc) is 2.86. The number of furan rings is 1. The zero-order chi connectivity index (χ0) is 12.1. The SMILES string of the molecule is NCC(OCc1ccc(Cl)cc1)c1ccco1. The first-order valence-electron chi connectivity index (χ1n) is 5.39. The standard InChI is InChI=1S/C13H14ClNO2/c14-11-5-3-10(4-6-11)9-17-13(8-15)12-2-1-7-16-12/h1-7,13H,8-9,15H2. The minimum absolute atomic E-state index is 0.208. The normalized spacial score (nSPS) is 12.6. The average molecular weight is 252 g/mol. The smallest absolute Gasteiger partial charge is 0.133 e. The minimum Gasteiger partial charge on any atom is -0.467 e. The molecule has 0 amide bonds. The first-order chi connectivity index (χ1) is 8.29. The summed E-state index contributed by atoms with van der Waals surface area (Å²) in [5.41, 5.74) is 6.70. The van der Waals surface area contributed by atoms with Crippen molar-refractivity contribution in [3.05, 3.63) is 59.0 Å². The zero-order valence-electron chi connectivity index (χ0n) is 9.30. The lowest BCUT2D eigenvalue weighted by atomic mass is 10.2. The zero-order valence-corrected chi connectivity index (χ0v) is 10.1. The van der Waals surface area contributed by atoms with Crippen molar-refractivity contribution in [2.24, 2.45) is 5.73 Å². The number of hydrogen-bond acceptors (Lipinski definition) is 3. The molecule has 0 aliphatic carbocycles. The molecule has 2 N–H and O–H groups in total. The van der Waals surface area contributed by atoms with E-state index in [1.165, 1.54) is 0 Å². The van der Waals surface area contributed by atoms with Gasteiger partial charge < -0.3 is 14.9 Å². The van der Waals surface area contributed by atoms with E-state index in [2.05, 4.69) is 0 Å². The third-order valence-electron chi connectivity index (χ3n) is 2.44. The van der Waals surface area contributed by atoms with Crippen molar-refractivity contribution in [2.75, 3.05) is 6.54 Å². The third-order valence-corrected chi connectivity index (χ3v) is 2.69. The van der Waals surface area contributed by atoms with Crippen molar-refractivity contribution in [3.8, 4) is 0 Å². The van der Waals surface area contributed by atoms with Gasteiger partial charge in [-0.3, -0.25) is 0 Å². The highest BCUT2D eigenvalue weighted by Gasteiger charge is 2.12. The van der Waals surface area contributed by atoms with Crippen molar-refractivity contribution in [3.63, 3.8) is 0 Å². The van der Waals surface area contributed by atoms with Crippen LogP contribution in [0.15, 0.2) is 47.1 Å². The Morgan fingerprint density at radius 2 is 2.00 bits per heavy atom. The van der Waals surface area contributed by atoms with Gasteiger partial charge in [0, 0.05) is 11.6 Å². The molecule has 1 heterocycles. The molecular formula is C13H14ClNO2. The van der Waals surface area contributed by atoms with Gasteiger partial charge in [-0.1, -0.05) is 23.7 Å². The van der Waals surface area contributed by atoms with Gasteiger partial charge in [-0.25, -0.2) is 0 Å². The van der Waals surface area contributed by atoms with Crippen LogP contribution in [0.1, 0.15) is 17.4 Å². The summed E-state index contributed by atoms with van der Waals surface area (Å²) in [6.07, 6.45) is 1.41. The van der Waals surface area contributed by atoms with Crippen LogP contribution in [0.3, 0.4) is 0 Å². The minimum atomic E-state index is -0.208. The molecule has 0 saturated carbocycles. The molecule has 90 valence electrons. The van der Waals surface area contributed by atoms with Gasteiger partial charge >= 0.3 is 0 Å². The van der Waals surface area contributed by atoms with Gasteiger partial charge in [-0.2, -0.15) is 0 Å². The number of rotatable bonds is 5. The second-order valence-corrected chi connectivity index (χ2v) is 4.11. The fraction of sp³-hybridized carbons (Fsp3) is 0.231. The lowest BCUT2D eigenvalue weighted by Crippen LogP contribution is -2.15. The lowest BCUT2D eigenvalue weighted by molar-refractivity contribution is 0.0314. The maximum absolute atomic E-state index is 5.81. The van der Waals surface area contributed by atoms with E-state index < -0.39 is 0 Å². The molecule has 1 atom stereocenters. The second kappa shape index (κ2) is 5.87. The van der Waals surface area contributed by atoms with Crippen molar-refractivity contribution in [1.29, 1.82) is 0 Å². The van der Waals surface area contributed by atoms with E-state index in [0.717, 1.165) is 16.3 Å². The van der Waals surface area contributed by atoms with E-state index in [4.69, 9.17) is 26.5 Å². The summed E-state index contributed by atoms with van der Waals surface area (Å²) in [7, 11) is 0. The third kappa shape index (κ3) is 3.33. The Morgan fingerprint density at radius 3 is 2.59 bits per heavy atom. The molecule has 0 fully saturated rings. The fourth-order valence-corrected chi connectivity index (χ4v) is 1.64. The molecule has 2 aromatic rings. The van der Waals surface area contributed by atoms with Gasteiger partial charge in [-0.05, 0) is 29.8 Å². The van der Waals surface area contributed by atoms with Crippen LogP contribution in [0.4, 0.5) is 0 Å². The van der Waals surface area contributed by atoms with Crippen LogP contribution in [0.2, 0.25) is 5.02 Å². The molecule has 4 heteroatoms. The van der Waals surface area contributed by atoms with Crippen molar-refractivity contribution < 1.29 is 9.15 Å². The number of nitrogens with two attached hydrogens (primary N) is 1. The number of hydrogen-bond donors (Lipinski definition) is 1. The molecule has 17 heavy (non-hydrogen) atoms. The van der Waals surface area contributed by atoms with Gasteiger partial charge in [0.1, 0.15) is 11.9 Å². The molecule has 1 aromatic carbocycles. The highest BCUT2D eigenvalue weighted by atomic mass is 35.5.